The van der Waals surface area contributed by atoms with Crippen LogP contribution in [0.3, 0.4) is 0 Å². The molecule has 0 heterocycles. The maximum Gasteiger partial charge on any atom is 0.306 e. The van der Waals surface area contributed by atoms with Gasteiger partial charge in [-0.25, -0.2) is 0 Å². The molecule has 0 bridgehead atoms. The molecule has 0 unspecified atom stereocenters. The lowest BCUT2D eigenvalue weighted by molar-refractivity contribution is -0.206. The van der Waals surface area contributed by atoms with Gasteiger partial charge < -0.3 is 14.2 Å². The summed E-state index contributed by atoms with van der Waals surface area (Å²) < 4.78 is 16.5. The van der Waals surface area contributed by atoms with Gasteiger partial charge in [0.05, 0.1) is 12.7 Å². The first-order valence-corrected chi connectivity index (χ1v) is 7.88. The van der Waals surface area contributed by atoms with Gasteiger partial charge in [-0.3, -0.25) is 4.79 Å². The van der Waals surface area contributed by atoms with Crippen LogP contribution >= 0.6 is 0 Å². The van der Waals surface area contributed by atoms with Crippen LogP contribution in [-0.2, 0) is 25.6 Å². The molecular formula is C18H26O4. The van der Waals surface area contributed by atoms with Crippen molar-refractivity contribution in [2.45, 2.75) is 51.9 Å². The second kappa shape index (κ2) is 7.75. The van der Waals surface area contributed by atoms with Crippen molar-refractivity contribution in [1.82, 2.24) is 0 Å². The quantitative estimate of drug-likeness (QED) is 0.546. The number of rotatable bonds is 8. The molecule has 0 aliphatic heterocycles. The smallest absolute Gasteiger partial charge is 0.306 e. The number of hydrogen-bond donors (Lipinski definition) is 0. The van der Waals surface area contributed by atoms with E-state index >= 15 is 0 Å². The average Bonchev–Trinajstić information content (AvgIpc) is 2.51. The summed E-state index contributed by atoms with van der Waals surface area (Å²) >= 11 is 0. The minimum Gasteiger partial charge on any atom is -0.462 e. The summed E-state index contributed by atoms with van der Waals surface area (Å²) in [5, 5.41) is 0. The highest BCUT2D eigenvalue weighted by Gasteiger charge is 2.51. The molecule has 1 aromatic carbocycles. The van der Waals surface area contributed by atoms with Crippen molar-refractivity contribution >= 4 is 5.97 Å². The van der Waals surface area contributed by atoms with Crippen molar-refractivity contribution in [1.29, 1.82) is 0 Å². The third kappa shape index (κ3) is 4.31. The lowest BCUT2D eigenvalue weighted by Crippen LogP contribution is -2.56. The van der Waals surface area contributed by atoms with Crippen molar-refractivity contribution in [3.63, 3.8) is 0 Å². The maximum absolute atomic E-state index is 11.8. The molecule has 4 nitrogen and oxygen atoms in total. The van der Waals surface area contributed by atoms with Crippen LogP contribution in [0.1, 0.15) is 38.7 Å². The predicted octanol–water partition coefficient (Wildman–Crippen LogP) is 3.34. The fourth-order valence-corrected chi connectivity index (χ4v) is 2.68. The highest BCUT2D eigenvalue weighted by Crippen LogP contribution is 2.45. The Hall–Kier alpha value is -1.39. The first-order chi connectivity index (χ1) is 10.5. The van der Waals surface area contributed by atoms with E-state index in [4.69, 9.17) is 14.2 Å². The number of benzene rings is 1. The molecule has 0 aromatic heterocycles. The Balaban J connectivity index is 1.73. The Morgan fingerprint density at radius 3 is 2.59 bits per heavy atom. The van der Waals surface area contributed by atoms with E-state index in [2.05, 4.69) is 26.0 Å². The Kier molecular flexibility index (Phi) is 5.98. The predicted molar refractivity (Wildman–Crippen MR) is 84.4 cm³/mol. The SMILES string of the molecule is COCCCC(=O)O[C@H]1C[C@H](OCc2ccccc2)C1(C)C. The van der Waals surface area contributed by atoms with Gasteiger partial charge in [0.2, 0.25) is 0 Å². The van der Waals surface area contributed by atoms with Crippen LogP contribution in [0, 0.1) is 5.41 Å². The van der Waals surface area contributed by atoms with Gasteiger partial charge in [-0.2, -0.15) is 0 Å². The van der Waals surface area contributed by atoms with E-state index in [9.17, 15) is 4.79 Å². The molecule has 122 valence electrons. The van der Waals surface area contributed by atoms with Crippen molar-refractivity contribution in [3.05, 3.63) is 35.9 Å². The van der Waals surface area contributed by atoms with Crippen molar-refractivity contribution in [3.8, 4) is 0 Å². The minimum absolute atomic E-state index is 0.0525. The average molecular weight is 306 g/mol. The zero-order chi connectivity index (χ0) is 16.0. The van der Waals surface area contributed by atoms with E-state index in [0.29, 0.717) is 26.1 Å². The second-order valence-electron chi connectivity index (χ2n) is 6.42. The molecule has 1 saturated carbocycles. The third-order valence-corrected chi connectivity index (χ3v) is 4.38. The summed E-state index contributed by atoms with van der Waals surface area (Å²) in [7, 11) is 1.63. The molecule has 0 radical (unpaired) electrons. The van der Waals surface area contributed by atoms with Crippen molar-refractivity contribution < 1.29 is 19.0 Å². The van der Waals surface area contributed by atoms with Crippen LogP contribution in [0.5, 0.6) is 0 Å². The van der Waals surface area contributed by atoms with E-state index in [1.165, 1.54) is 5.56 Å². The lowest BCUT2D eigenvalue weighted by atomic mass is 9.66. The van der Waals surface area contributed by atoms with E-state index in [0.717, 1.165) is 6.42 Å². The largest absolute Gasteiger partial charge is 0.462 e. The van der Waals surface area contributed by atoms with Crippen molar-refractivity contribution in [2.75, 3.05) is 13.7 Å². The summed E-state index contributed by atoms with van der Waals surface area (Å²) in [6, 6.07) is 10.1. The molecule has 22 heavy (non-hydrogen) atoms. The van der Waals surface area contributed by atoms with Crippen LogP contribution < -0.4 is 0 Å². The van der Waals surface area contributed by atoms with Gasteiger partial charge in [-0.15, -0.1) is 0 Å². The number of methoxy groups -OCH3 is 1. The maximum atomic E-state index is 11.8. The first kappa shape index (κ1) is 17.0. The van der Waals surface area contributed by atoms with Gasteiger partial charge in [0, 0.05) is 32.0 Å². The van der Waals surface area contributed by atoms with Gasteiger partial charge in [0.1, 0.15) is 6.10 Å². The molecule has 2 rings (SSSR count). The summed E-state index contributed by atoms with van der Waals surface area (Å²) in [5.41, 5.74) is 1.03. The molecule has 0 N–H and O–H groups in total. The molecule has 1 fully saturated rings. The van der Waals surface area contributed by atoms with Crippen LogP contribution in [0.25, 0.3) is 0 Å². The van der Waals surface area contributed by atoms with Gasteiger partial charge >= 0.3 is 5.97 Å². The summed E-state index contributed by atoms with van der Waals surface area (Å²) in [5.74, 6) is -0.142. The van der Waals surface area contributed by atoms with Crippen molar-refractivity contribution in [2.24, 2.45) is 5.41 Å². The molecule has 1 aromatic rings. The Morgan fingerprint density at radius 2 is 1.95 bits per heavy atom. The summed E-state index contributed by atoms with van der Waals surface area (Å²) in [4.78, 5) is 11.8. The molecule has 0 saturated heterocycles. The summed E-state index contributed by atoms with van der Waals surface area (Å²) in [6.45, 7) is 5.38. The zero-order valence-corrected chi connectivity index (χ0v) is 13.7. The van der Waals surface area contributed by atoms with Gasteiger partial charge in [-0.1, -0.05) is 44.2 Å². The van der Waals surface area contributed by atoms with E-state index < -0.39 is 0 Å². The monoisotopic (exact) mass is 306 g/mol. The van der Waals surface area contributed by atoms with Crippen LogP contribution in [0.15, 0.2) is 30.3 Å². The third-order valence-electron chi connectivity index (χ3n) is 4.38. The topological polar surface area (TPSA) is 44.8 Å². The van der Waals surface area contributed by atoms with Gasteiger partial charge in [0.15, 0.2) is 0 Å². The fraction of sp³-hybridized carbons (Fsp3) is 0.611. The van der Waals surface area contributed by atoms with E-state index in [1.54, 1.807) is 7.11 Å². The minimum atomic E-state index is -0.142. The number of carbonyl (C=O) groups is 1. The second-order valence-corrected chi connectivity index (χ2v) is 6.42. The highest BCUT2D eigenvalue weighted by molar-refractivity contribution is 5.69. The zero-order valence-electron chi connectivity index (χ0n) is 13.7. The number of esters is 1. The van der Waals surface area contributed by atoms with Gasteiger partial charge in [-0.05, 0) is 12.0 Å². The van der Waals surface area contributed by atoms with Crippen LogP contribution in [0.4, 0.5) is 0 Å². The molecule has 1 aliphatic carbocycles. The normalized spacial score (nSPS) is 22.9. The van der Waals surface area contributed by atoms with E-state index in [1.807, 2.05) is 18.2 Å². The molecule has 0 amide bonds. The first-order valence-electron chi connectivity index (χ1n) is 7.88. The lowest BCUT2D eigenvalue weighted by Gasteiger charge is -2.50. The highest BCUT2D eigenvalue weighted by atomic mass is 16.6. The summed E-state index contributed by atoms with van der Waals surface area (Å²) in [6.07, 6.45) is 1.97. The molecule has 4 heteroatoms. The molecule has 2 atom stereocenters. The van der Waals surface area contributed by atoms with E-state index in [-0.39, 0.29) is 23.6 Å². The Morgan fingerprint density at radius 1 is 1.23 bits per heavy atom. The number of ether oxygens (including phenoxy) is 3. The van der Waals surface area contributed by atoms with Crippen LogP contribution in [-0.4, -0.2) is 31.9 Å². The number of carbonyl (C=O) groups excluding carboxylic acids is 1. The van der Waals surface area contributed by atoms with Crippen LogP contribution in [0.2, 0.25) is 0 Å². The Bertz CT molecular complexity index is 469. The standard InChI is InChI=1S/C18H26O4/c1-18(2)15(21-13-14-8-5-4-6-9-14)12-16(18)22-17(19)10-7-11-20-3/h4-6,8-9,15-16H,7,10-13H2,1-3H3/t15-,16-/m0/s1. The molecular weight excluding hydrogens is 280 g/mol. The Labute approximate surface area is 132 Å². The fourth-order valence-electron chi connectivity index (χ4n) is 2.68. The van der Waals surface area contributed by atoms with Gasteiger partial charge in [0.25, 0.3) is 0 Å². The molecule has 0 spiro atoms. The molecule has 1 aliphatic rings. The number of hydrogen-bond acceptors (Lipinski definition) is 4.